The second-order valence-electron chi connectivity index (χ2n) is 6.30. The Kier molecular flexibility index (Phi) is 4.27. The molecule has 3 heterocycles. The summed E-state index contributed by atoms with van der Waals surface area (Å²) in [4.78, 5) is 33.5. The highest BCUT2D eigenvalue weighted by Gasteiger charge is 2.26. The van der Waals surface area contributed by atoms with Crippen molar-refractivity contribution in [3.63, 3.8) is 0 Å². The first kappa shape index (κ1) is 17.4. The lowest BCUT2D eigenvalue weighted by Crippen LogP contribution is -2.30. The third-order valence-electron chi connectivity index (χ3n) is 4.39. The van der Waals surface area contributed by atoms with Crippen LogP contribution in [0.3, 0.4) is 0 Å². The maximum absolute atomic E-state index is 12.6. The van der Waals surface area contributed by atoms with E-state index in [1.54, 1.807) is 15.5 Å². The lowest BCUT2D eigenvalue weighted by molar-refractivity contribution is -0.384. The van der Waals surface area contributed by atoms with Crippen molar-refractivity contribution in [3.8, 4) is 0 Å². The number of nitro benzene ring substituents is 1. The number of rotatable bonds is 4. The van der Waals surface area contributed by atoms with Gasteiger partial charge in [-0.05, 0) is 38.0 Å². The Bertz CT molecular complexity index is 1080. The highest BCUT2D eigenvalue weighted by Crippen LogP contribution is 2.32. The van der Waals surface area contributed by atoms with Crippen LogP contribution in [0.5, 0.6) is 0 Å². The molecule has 1 aliphatic heterocycles. The van der Waals surface area contributed by atoms with Crippen LogP contribution in [0.15, 0.2) is 29.4 Å². The molecule has 1 amide bonds. The van der Waals surface area contributed by atoms with Crippen molar-refractivity contribution in [2.45, 2.75) is 25.4 Å². The van der Waals surface area contributed by atoms with Crippen LogP contribution in [-0.4, -0.2) is 42.7 Å². The van der Waals surface area contributed by atoms with E-state index in [2.05, 4.69) is 15.1 Å². The van der Waals surface area contributed by atoms with Gasteiger partial charge in [-0.3, -0.25) is 14.9 Å². The van der Waals surface area contributed by atoms with Gasteiger partial charge in [0.1, 0.15) is 0 Å². The van der Waals surface area contributed by atoms with Crippen LogP contribution in [0.1, 0.15) is 17.0 Å². The van der Waals surface area contributed by atoms with Gasteiger partial charge in [0.05, 0.1) is 10.7 Å². The third kappa shape index (κ3) is 3.23. The number of thioether (sulfide) groups is 1. The van der Waals surface area contributed by atoms with Crippen LogP contribution in [-0.2, 0) is 11.2 Å². The zero-order valence-corrected chi connectivity index (χ0v) is 15.6. The summed E-state index contributed by atoms with van der Waals surface area (Å²) in [5, 5.41) is 15.8. The van der Waals surface area contributed by atoms with E-state index in [1.165, 1.54) is 23.9 Å². The molecular weight excluding hydrogens is 368 g/mol. The van der Waals surface area contributed by atoms with E-state index < -0.39 is 4.92 Å². The van der Waals surface area contributed by atoms with Gasteiger partial charge in [-0.2, -0.15) is 4.98 Å². The number of aryl methyl sites for hydroxylation is 2. The van der Waals surface area contributed by atoms with E-state index in [9.17, 15) is 14.9 Å². The van der Waals surface area contributed by atoms with E-state index in [0.717, 1.165) is 22.6 Å². The molecule has 9 nitrogen and oxygen atoms in total. The van der Waals surface area contributed by atoms with Crippen molar-refractivity contribution in [3.05, 3.63) is 51.3 Å². The molecule has 3 aromatic rings. The maximum Gasteiger partial charge on any atom is 0.269 e. The summed E-state index contributed by atoms with van der Waals surface area (Å²) in [5.74, 6) is 0.624. The number of benzene rings is 1. The molecule has 27 heavy (non-hydrogen) atoms. The Morgan fingerprint density at radius 1 is 1.30 bits per heavy atom. The zero-order valence-electron chi connectivity index (χ0n) is 14.7. The molecule has 1 aromatic carbocycles. The highest BCUT2D eigenvalue weighted by molar-refractivity contribution is 7.99. The van der Waals surface area contributed by atoms with Gasteiger partial charge in [-0.15, -0.1) is 5.10 Å². The van der Waals surface area contributed by atoms with Crippen LogP contribution in [0.2, 0.25) is 0 Å². The Labute approximate surface area is 158 Å². The van der Waals surface area contributed by atoms with Crippen LogP contribution < -0.4 is 4.90 Å². The predicted octanol–water partition coefficient (Wildman–Crippen LogP) is 2.33. The lowest BCUT2D eigenvalue weighted by atomic mass is 10.1. The van der Waals surface area contributed by atoms with Crippen molar-refractivity contribution in [1.29, 1.82) is 0 Å². The Hall–Kier alpha value is -3.01. The molecular formula is C17H16N6O3S. The maximum atomic E-state index is 12.6. The molecule has 138 valence electrons. The molecule has 4 rings (SSSR count). The highest BCUT2D eigenvalue weighted by atomic mass is 32.2. The number of hydrogen-bond acceptors (Lipinski definition) is 7. The summed E-state index contributed by atoms with van der Waals surface area (Å²) in [6.45, 7) is 4.35. The second kappa shape index (κ2) is 6.62. The minimum Gasteiger partial charge on any atom is -0.311 e. The Morgan fingerprint density at radius 2 is 2.11 bits per heavy atom. The minimum atomic E-state index is -0.423. The second-order valence-corrected chi connectivity index (χ2v) is 7.24. The minimum absolute atomic E-state index is 0.0458. The molecule has 10 heteroatoms. The first-order valence-corrected chi connectivity index (χ1v) is 9.32. The first-order valence-electron chi connectivity index (χ1n) is 8.34. The van der Waals surface area contributed by atoms with Crippen LogP contribution in [0.4, 0.5) is 11.4 Å². The summed E-state index contributed by atoms with van der Waals surface area (Å²) in [6.07, 6.45) is 0.614. The van der Waals surface area contributed by atoms with Crippen molar-refractivity contribution in [2.75, 3.05) is 17.2 Å². The molecule has 0 spiro atoms. The molecule has 0 saturated heterocycles. The molecule has 1 aliphatic rings. The number of nitro groups is 1. The quantitative estimate of drug-likeness (QED) is 0.386. The number of nitrogens with zero attached hydrogens (tertiary/aromatic N) is 6. The van der Waals surface area contributed by atoms with Gasteiger partial charge in [0, 0.05) is 35.8 Å². The molecule has 0 fully saturated rings. The average molecular weight is 384 g/mol. The van der Waals surface area contributed by atoms with Crippen LogP contribution >= 0.6 is 11.8 Å². The van der Waals surface area contributed by atoms with Crippen molar-refractivity contribution in [2.24, 2.45) is 0 Å². The Morgan fingerprint density at radius 3 is 2.89 bits per heavy atom. The van der Waals surface area contributed by atoms with Crippen molar-refractivity contribution in [1.82, 2.24) is 19.6 Å². The van der Waals surface area contributed by atoms with E-state index >= 15 is 0 Å². The first-order chi connectivity index (χ1) is 12.9. The summed E-state index contributed by atoms with van der Waals surface area (Å²) in [5.41, 5.74) is 3.40. The van der Waals surface area contributed by atoms with E-state index in [1.807, 2.05) is 19.9 Å². The molecule has 0 unspecified atom stereocenters. The summed E-state index contributed by atoms with van der Waals surface area (Å²) in [6, 6.07) is 6.53. The number of aromatic nitrogens is 4. The lowest BCUT2D eigenvalue weighted by Gasteiger charge is -2.16. The van der Waals surface area contributed by atoms with Crippen molar-refractivity contribution >= 4 is 34.8 Å². The standard InChI is InChI=1S/C17H16N6O3S/c1-10-7-11(2)22-16(18-10)19-17(20-22)27-9-15(24)21-6-5-12-8-13(23(25)26)3-4-14(12)21/h3-4,7-8H,5-6,9H2,1-2H3. The average Bonchev–Trinajstić information content (AvgIpc) is 3.22. The normalized spacial score (nSPS) is 13.2. The number of anilines is 1. The van der Waals surface area contributed by atoms with Gasteiger partial charge in [0.25, 0.3) is 11.5 Å². The summed E-state index contributed by atoms with van der Waals surface area (Å²) in [7, 11) is 0. The molecule has 0 radical (unpaired) electrons. The monoisotopic (exact) mass is 384 g/mol. The van der Waals surface area contributed by atoms with Gasteiger partial charge in [0.2, 0.25) is 11.1 Å². The van der Waals surface area contributed by atoms with Gasteiger partial charge in [0.15, 0.2) is 0 Å². The summed E-state index contributed by atoms with van der Waals surface area (Å²) < 4.78 is 1.66. The molecule has 0 bridgehead atoms. The molecule has 0 atom stereocenters. The number of carbonyl (C=O) groups excluding carboxylic acids is 1. The fourth-order valence-corrected chi connectivity index (χ4v) is 3.87. The smallest absolute Gasteiger partial charge is 0.269 e. The largest absolute Gasteiger partial charge is 0.311 e. The molecule has 0 saturated carbocycles. The van der Waals surface area contributed by atoms with Gasteiger partial charge in [-0.25, -0.2) is 9.50 Å². The number of amides is 1. The van der Waals surface area contributed by atoms with Crippen LogP contribution in [0.25, 0.3) is 5.78 Å². The molecule has 0 N–H and O–H groups in total. The van der Waals surface area contributed by atoms with E-state index in [-0.39, 0.29) is 17.3 Å². The SMILES string of the molecule is Cc1cc(C)n2nc(SCC(=O)N3CCc4cc([N+](=O)[O-])ccc43)nc2n1. The fraction of sp³-hybridized carbons (Fsp3) is 0.294. The van der Waals surface area contributed by atoms with E-state index in [0.29, 0.717) is 23.9 Å². The fourth-order valence-electron chi connectivity index (χ4n) is 3.17. The predicted molar refractivity (Wildman–Crippen MR) is 100 cm³/mol. The number of hydrogen-bond donors (Lipinski definition) is 0. The van der Waals surface area contributed by atoms with Gasteiger partial charge >= 0.3 is 0 Å². The molecule has 2 aromatic heterocycles. The van der Waals surface area contributed by atoms with Gasteiger partial charge in [-0.1, -0.05) is 11.8 Å². The third-order valence-corrected chi connectivity index (χ3v) is 5.22. The molecule has 0 aliphatic carbocycles. The topological polar surface area (TPSA) is 107 Å². The number of fused-ring (bicyclic) bond motifs is 2. The van der Waals surface area contributed by atoms with Gasteiger partial charge < -0.3 is 4.90 Å². The summed E-state index contributed by atoms with van der Waals surface area (Å²) >= 11 is 1.26. The van der Waals surface area contributed by atoms with E-state index in [4.69, 9.17) is 0 Å². The Balaban J connectivity index is 1.48. The van der Waals surface area contributed by atoms with Crippen molar-refractivity contribution < 1.29 is 9.72 Å². The van der Waals surface area contributed by atoms with Crippen LogP contribution in [0, 0.1) is 24.0 Å². The number of non-ortho nitro benzene ring substituents is 1. The zero-order chi connectivity index (χ0) is 19.1. The number of carbonyl (C=O) groups is 1.